The van der Waals surface area contributed by atoms with Crippen molar-refractivity contribution in [2.75, 3.05) is 5.32 Å². The van der Waals surface area contributed by atoms with Crippen molar-refractivity contribution in [3.8, 4) is 11.5 Å². The topological polar surface area (TPSA) is 67.2 Å². The quantitative estimate of drug-likeness (QED) is 0.431. The molecule has 0 saturated carbocycles. The van der Waals surface area contributed by atoms with Gasteiger partial charge in [-0.05, 0) is 85.2 Å². The number of nitrogens with one attached hydrogen (secondary N) is 2. The van der Waals surface area contributed by atoms with Crippen LogP contribution in [0.2, 0.25) is 0 Å². The van der Waals surface area contributed by atoms with Crippen LogP contribution in [0.15, 0.2) is 71.1 Å². The third kappa shape index (κ3) is 4.39. The molecular weight excluding hydrogens is 394 g/mol. The van der Waals surface area contributed by atoms with Gasteiger partial charge in [0.2, 0.25) is 5.89 Å². The molecule has 0 aliphatic carbocycles. The number of anilines is 1. The van der Waals surface area contributed by atoms with Gasteiger partial charge in [0.1, 0.15) is 5.52 Å². The van der Waals surface area contributed by atoms with Crippen molar-refractivity contribution < 1.29 is 9.21 Å². The van der Waals surface area contributed by atoms with Gasteiger partial charge in [0.05, 0.1) is 0 Å². The first kappa shape index (κ1) is 19.8. The monoisotopic (exact) mass is 415 g/mol. The molecule has 4 aromatic rings. The molecule has 0 radical (unpaired) electrons. The van der Waals surface area contributed by atoms with Crippen LogP contribution in [0.1, 0.15) is 28.4 Å². The largest absolute Gasteiger partial charge is 0.436 e. The van der Waals surface area contributed by atoms with Crippen LogP contribution in [-0.4, -0.2) is 16.0 Å². The standard InChI is InChI=1S/C24H21N3O2S/c1-3-16-5-7-17(8-6-16)22(28)27-24(30)25-19-11-9-18(10-12-19)23-26-20-14-15(2)4-13-21(20)29-23/h4-14H,3H2,1-2H3,(H2,25,27,28,30). The molecule has 2 N–H and O–H groups in total. The average Bonchev–Trinajstić information content (AvgIpc) is 3.17. The Morgan fingerprint density at radius 2 is 1.77 bits per heavy atom. The molecule has 1 amide bonds. The summed E-state index contributed by atoms with van der Waals surface area (Å²) in [4.78, 5) is 16.9. The smallest absolute Gasteiger partial charge is 0.257 e. The normalized spacial score (nSPS) is 10.7. The predicted octanol–water partition coefficient (Wildman–Crippen LogP) is 5.49. The number of oxazole rings is 1. The van der Waals surface area contributed by atoms with Crippen molar-refractivity contribution in [2.45, 2.75) is 20.3 Å². The zero-order chi connectivity index (χ0) is 21.1. The molecule has 0 unspecified atom stereocenters. The van der Waals surface area contributed by atoms with Crippen LogP contribution in [0.3, 0.4) is 0 Å². The summed E-state index contributed by atoms with van der Waals surface area (Å²) in [5.74, 6) is 0.321. The Hall–Kier alpha value is -3.51. The fraction of sp³-hybridized carbons (Fsp3) is 0.125. The highest BCUT2D eigenvalue weighted by Gasteiger charge is 2.10. The fourth-order valence-electron chi connectivity index (χ4n) is 3.09. The Kier molecular flexibility index (Phi) is 5.59. The molecule has 30 heavy (non-hydrogen) atoms. The zero-order valence-electron chi connectivity index (χ0n) is 16.7. The first-order chi connectivity index (χ1) is 14.5. The zero-order valence-corrected chi connectivity index (χ0v) is 17.5. The highest BCUT2D eigenvalue weighted by atomic mass is 32.1. The van der Waals surface area contributed by atoms with Gasteiger partial charge in [-0.3, -0.25) is 10.1 Å². The van der Waals surface area contributed by atoms with Gasteiger partial charge < -0.3 is 9.73 Å². The molecule has 5 nitrogen and oxygen atoms in total. The molecule has 0 bridgehead atoms. The lowest BCUT2D eigenvalue weighted by atomic mass is 10.1. The molecule has 0 saturated heterocycles. The molecule has 0 spiro atoms. The second-order valence-corrected chi connectivity index (χ2v) is 7.43. The lowest BCUT2D eigenvalue weighted by molar-refractivity contribution is 0.0977. The fourth-order valence-corrected chi connectivity index (χ4v) is 3.30. The third-order valence-corrected chi connectivity index (χ3v) is 4.99. The van der Waals surface area contributed by atoms with Crippen LogP contribution >= 0.6 is 12.2 Å². The molecule has 1 aromatic heterocycles. The SMILES string of the molecule is CCc1ccc(C(=O)NC(=S)Nc2ccc(-c3nc4cc(C)ccc4o3)cc2)cc1. The van der Waals surface area contributed by atoms with Crippen molar-refractivity contribution >= 4 is 40.0 Å². The van der Waals surface area contributed by atoms with Gasteiger partial charge in [0, 0.05) is 16.8 Å². The lowest BCUT2D eigenvalue weighted by Crippen LogP contribution is -2.34. The van der Waals surface area contributed by atoms with Crippen LogP contribution in [-0.2, 0) is 6.42 Å². The second kappa shape index (κ2) is 8.47. The minimum Gasteiger partial charge on any atom is -0.436 e. The van der Waals surface area contributed by atoms with Crippen molar-refractivity contribution in [1.82, 2.24) is 10.3 Å². The highest BCUT2D eigenvalue weighted by Crippen LogP contribution is 2.26. The summed E-state index contributed by atoms with van der Waals surface area (Å²) in [5.41, 5.74) is 6.10. The van der Waals surface area contributed by atoms with Crippen molar-refractivity contribution in [3.63, 3.8) is 0 Å². The van der Waals surface area contributed by atoms with Crippen LogP contribution in [0.25, 0.3) is 22.6 Å². The summed E-state index contributed by atoms with van der Waals surface area (Å²) in [6.45, 7) is 4.10. The van der Waals surface area contributed by atoms with Crippen LogP contribution in [0, 0.1) is 6.92 Å². The van der Waals surface area contributed by atoms with Crippen molar-refractivity contribution in [1.29, 1.82) is 0 Å². The van der Waals surface area contributed by atoms with E-state index in [-0.39, 0.29) is 11.0 Å². The van der Waals surface area contributed by atoms with Crippen molar-refractivity contribution in [3.05, 3.63) is 83.4 Å². The number of aryl methyl sites for hydroxylation is 2. The van der Waals surface area contributed by atoms with E-state index in [9.17, 15) is 4.79 Å². The third-order valence-electron chi connectivity index (χ3n) is 4.78. The molecule has 0 aliphatic heterocycles. The number of rotatable bonds is 4. The second-order valence-electron chi connectivity index (χ2n) is 7.03. The Balaban J connectivity index is 1.40. The van der Waals surface area contributed by atoms with Gasteiger partial charge in [-0.15, -0.1) is 0 Å². The van der Waals surface area contributed by atoms with Gasteiger partial charge in [0.25, 0.3) is 5.91 Å². The number of carbonyl (C=O) groups is 1. The number of fused-ring (bicyclic) bond motifs is 1. The van der Waals surface area contributed by atoms with E-state index in [1.54, 1.807) is 12.1 Å². The minimum atomic E-state index is -0.242. The van der Waals surface area contributed by atoms with Gasteiger partial charge in [-0.1, -0.05) is 25.1 Å². The molecule has 0 fully saturated rings. The van der Waals surface area contributed by atoms with Gasteiger partial charge in [-0.2, -0.15) is 0 Å². The molecule has 1 heterocycles. The number of nitrogens with zero attached hydrogens (tertiary/aromatic N) is 1. The molecule has 4 rings (SSSR count). The Morgan fingerprint density at radius 3 is 2.47 bits per heavy atom. The van der Waals surface area contributed by atoms with E-state index >= 15 is 0 Å². The van der Waals surface area contributed by atoms with E-state index in [4.69, 9.17) is 16.6 Å². The van der Waals surface area contributed by atoms with Gasteiger partial charge in [-0.25, -0.2) is 4.98 Å². The predicted molar refractivity (Wildman–Crippen MR) is 124 cm³/mol. The molecule has 0 atom stereocenters. The van der Waals surface area contributed by atoms with Crippen LogP contribution < -0.4 is 10.6 Å². The first-order valence-electron chi connectivity index (χ1n) is 9.71. The minimum absolute atomic E-state index is 0.240. The van der Waals surface area contributed by atoms with E-state index < -0.39 is 0 Å². The maximum Gasteiger partial charge on any atom is 0.257 e. The number of aromatic nitrogens is 1. The van der Waals surface area contributed by atoms with Gasteiger partial charge >= 0.3 is 0 Å². The average molecular weight is 416 g/mol. The number of hydrogen-bond donors (Lipinski definition) is 2. The first-order valence-corrected chi connectivity index (χ1v) is 10.1. The summed E-state index contributed by atoms with van der Waals surface area (Å²) in [7, 11) is 0. The van der Waals surface area contributed by atoms with Crippen LogP contribution in [0.4, 0.5) is 5.69 Å². The number of hydrogen-bond acceptors (Lipinski definition) is 4. The molecule has 6 heteroatoms. The molecule has 3 aromatic carbocycles. The summed E-state index contributed by atoms with van der Waals surface area (Å²) in [5, 5.41) is 5.97. The Morgan fingerprint density at radius 1 is 1.03 bits per heavy atom. The number of thiocarbonyl (C=S) groups is 1. The maximum absolute atomic E-state index is 12.3. The molecule has 0 aliphatic rings. The molecular formula is C24H21N3O2S. The Bertz CT molecular complexity index is 1210. The summed E-state index contributed by atoms with van der Waals surface area (Å²) in [6, 6.07) is 20.9. The van der Waals surface area contributed by atoms with Crippen molar-refractivity contribution in [2.24, 2.45) is 0 Å². The van der Waals surface area contributed by atoms with E-state index in [2.05, 4.69) is 22.5 Å². The molecule has 150 valence electrons. The van der Waals surface area contributed by atoms with Crippen LogP contribution in [0.5, 0.6) is 0 Å². The van der Waals surface area contributed by atoms with E-state index in [0.717, 1.165) is 34.3 Å². The van der Waals surface area contributed by atoms with E-state index in [0.29, 0.717) is 11.5 Å². The number of benzene rings is 3. The number of carbonyl (C=O) groups excluding carboxylic acids is 1. The summed E-state index contributed by atoms with van der Waals surface area (Å²) < 4.78 is 5.83. The maximum atomic E-state index is 12.3. The lowest BCUT2D eigenvalue weighted by Gasteiger charge is -2.10. The summed E-state index contributed by atoms with van der Waals surface area (Å²) in [6.07, 6.45) is 0.932. The summed E-state index contributed by atoms with van der Waals surface area (Å²) >= 11 is 5.27. The highest BCUT2D eigenvalue weighted by molar-refractivity contribution is 7.80. The Labute approximate surface area is 180 Å². The van der Waals surface area contributed by atoms with Gasteiger partial charge in [0.15, 0.2) is 10.7 Å². The van der Waals surface area contributed by atoms with E-state index in [1.807, 2.05) is 61.5 Å². The van der Waals surface area contributed by atoms with E-state index in [1.165, 1.54) is 5.56 Å². The number of amides is 1.